The summed E-state index contributed by atoms with van der Waals surface area (Å²) in [7, 11) is 3.03. The van der Waals surface area contributed by atoms with Crippen molar-refractivity contribution in [2.24, 2.45) is 0 Å². The number of hydrogen-bond acceptors (Lipinski definition) is 5. The SMILES string of the molecule is COc1cc(NC(C)(C)C)cc(OC)c1OC(=O)CBr. The zero-order valence-electron chi connectivity index (χ0n) is 12.4. The third-order valence-corrected chi connectivity index (χ3v) is 2.76. The molecule has 0 saturated carbocycles. The zero-order chi connectivity index (χ0) is 15.3. The first kappa shape index (κ1) is 16.6. The molecule has 112 valence electrons. The number of alkyl halides is 1. The van der Waals surface area contributed by atoms with E-state index >= 15 is 0 Å². The van der Waals surface area contributed by atoms with Gasteiger partial charge in [-0.15, -0.1) is 0 Å². The molecule has 1 aromatic carbocycles. The van der Waals surface area contributed by atoms with Crippen molar-refractivity contribution in [2.45, 2.75) is 26.3 Å². The second-order valence-electron chi connectivity index (χ2n) is 5.19. The third-order valence-electron chi connectivity index (χ3n) is 2.30. The van der Waals surface area contributed by atoms with E-state index in [4.69, 9.17) is 14.2 Å². The first-order valence-electron chi connectivity index (χ1n) is 6.11. The average Bonchev–Trinajstić information content (AvgIpc) is 2.37. The molecule has 0 aliphatic carbocycles. The number of carbonyl (C=O) groups excluding carboxylic acids is 1. The number of halogens is 1. The van der Waals surface area contributed by atoms with Crippen molar-refractivity contribution < 1.29 is 19.0 Å². The van der Waals surface area contributed by atoms with Crippen molar-refractivity contribution in [2.75, 3.05) is 24.9 Å². The summed E-state index contributed by atoms with van der Waals surface area (Å²) in [5, 5.41) is 3.41. The van der Waals surface area contributed by atoms with Crippen molar-refractivity contribution in [3.8, 4) is 17.2 Å². The normalized spacial score (nSPS) is 10.9. The van der Waals surface area contributed by atoms with E-state index in [-0.39, 0.29) is 16.6 Å². The van der Waals surface area contributed by atoms with Crippen LogP contribution in [0.5, 0.6) is 17.2 Å². The molecule has 0 spiro atoms. The predicted octanol–water partition coefficient (Wildman–Crippen LogP) is 3.21. The molecule has 0 heterocycles. The molecule has 20 heavy (non-hydrogen) atoms. The molecule has 0 radical (unpaired) electrons. The molecule has 0 atom stereocenters. The molecule has 0 amide bonds. The number of hydrogen-bond donors (Lipinski definition) is 1. The molecular formula is C14H20BrNO4. The Morgan fingerprint density at radius 2 is 1.70 bits per heavy atom. The van der Waals surface area contributed by atoms with Crippen LogP contribution in [-0.4, -0.2) is 31.1 Å². The van der Waals surface area contributed by atoms with Crippen LogP contribution in [0.3, 0.4) is 0 Å². The second-order valence-corrected chi connectivity index (χ2v) is 5.75. The Morgan fingerprint density at radius 1 is 1.20 bits per heavy atom. The van der Waals surface area contributed by atoms with Gasteiger partial charge in [0.25, 0.3) is 0 Å². The number of esters is 1. The second kappa shape index (κ2) is 6.83. The van der Waals surface area contributed by atoms with Gasteiger partial charge < -0.3 is 19.5 Å². The smallest absolute Gasteiger partial charge is 0.322 e. The minimum Gasteiger partial charge on any atom is -0.493 e. The van der Waals surface area contributed by atoms with Crippen LogP contribution in [-0.2, 0) is 4.79 Å². The van der Waals surface area contributed by atoms with Gasteiger partial charge in [-0.2, -0.15) is 0 Å². The summed E-state index contributed by atoms with van der Waals surface area (Å²) >= 11 is 3.05. The lowest BCUT2D eigenvalue weighted by Crippen LogP contribution is -2.26. The highest BCUT2D eigenvalue weighted by Crippen LogP contribution is 2.41. The predicted molar refractivity (Wildman–Crippen MR) is 82.4 cm³/mol. The van der Waals surface area contributed by atoms with Gasteiger partial charge in [-0.1, -0.05) is 15.9 Å². The highest BCUT2D eigenvalue weighted by molar-refractivity contribution is 9.09. The molecule has 0 unspecified atom stereocenters. The Balaban J connectivity index is 3.21. The zero-order valence-corrected chi connectivity index (χ0v) is 14.0. The van der Waals surface area contributed by atoms with E-state index in [0.717, 1.165) is 5.69 Å². The molecule has 6 heteroatoms. The fraction of sp³-hybridized carbons (Fsp3) is 0.500. The lowest BCUT2D eigenvalue weighted by Gasteiger charge is -2.23. The van der Waals surface area contributed by atoms with Gasteiger partial charge >= 0.3 is 5.97 Å². The summed E-state index contributed by atoms with van der Waals surface area (Å²) in [4.78, 5) is 11.4. The quantitative estimate of drug-likeness (QED) is 0.504. The summed E-state index contributed by atoms with van der Waals surface area (Å²) < 4.78 is 15.8. The monoisotopic (exact) mass is 345 g/mol. The van der Waals surface area contributed by atoms with Gasteiger partial charge in [0, 0.05) is 23.4 Å². The number of anilines is 1. The van der Waals surface area contributed by atoms with Crippen LogP contribution < -0.4 is 19.5 Å². The Labute approximate surface area is 127 Å². The Kier molecular flexibility index (Phi) is 5.68. The van der Waals surface area contributed by atoms with E-state index in [0.29, 0.717) is 11.5 Å². The van der Waals surface area contributed by atoms with Crippen LogP contribution in [0, 0.1) is 0 Å². The van der Waals surface area contributed by atoms with Crippen LogP contribution in [0.4, 0.5) is 5.69 Å². The van der Waals surface area contributed by atoms with Gasteiger partial charge in [0.2, 0.25) is 5.75 Å². The maximum atomic E-state index is 11.4. The topological polar surface area (TPSA) is 56.8 Å². The van der Waals surface area contributed by atoms with Gasteiger partial charge in [-0.05, 0) is 20.8 Å². The van der Waals surface area contributed by atoms with Crippen molar-refractivity contribution in [1.82, 2.24) is 0 Å². The van der Waals surface area contributed by atoms with Crippen molar-refractivity contribution in [3.63, 3.8) is 0 Å². The summed E-state index contributed by atoms with van der Waals surface area (Å²) in [5.74, 6) is 0.729. The minimum absolute atomic E-state index is 0.0985. The van der Waals surface area contributed by atoms with E-state index in [9.17, 15) is 4.79 Å². The molecule has 1 rings (SSSR count). The summed E-state index contributed by atoms with van der Waals surface area (Å²) in [6.07, 6.45) is 0. The number of carbonyl (C=O) groups is 1. The number of rotatable bonds is 5. The van der Waals surface area contributed by atoms with Crippen LogP contribution in [0.2, 0.25) is 0 Å². The van der Waals surface area contributed by atoms with Gasteiger partial charge in [0.1, 0.15) is 5.33 Å². The van der Waals surface area contributed by atoms with E-state index in [1.165, 1.54) is 14.2 Å². The van der Waals surface area contributed by atoms with Crippen LogP contribution >= 0.6 is 15.9 Å². The molecule has 0 aromatic heterocycles. The van der Waals surface area contributed by atoms with Crippen molar-refractivity contribution >= 4 is 27.6 Å². The molecule has 1 N–H and O–H groups in total. The molecule has 0 aliphatic rings. The first-order chi connectivity index (χ1) is 9.30. The highest BCUT2D eigenvalue weighted by Gasteiger charge is 2.19. The van der Waals surface area contributed by atoms with Gasteiger partial charge in [0.05, 0.1) is 14.2 Å². The summed E-state index contributed by atoms with van der Waals surface area (Å²) in [6.45, 7) is 6.14. The molecule has 0 fully saturated rings. The standard InChI is InChI=1S/C14H20BrNO4/c1-14(2,3)16-9-6-10(18-4)13(11(7-9)19-5)20-12(17)8-15/h6-7,16H,8H2,1-5H3. The van der Waals surface area contributed by atoms with Crippen molar-refractivity contribution in [1.29, 1.82) is 0 Å². The number of ether oxygens (including phenoxy) is 3. The Bertz CT molecular complexity index is 458. The van der Waals surface area contributed by atoms with Crippen molar-refractivity contribution in [3.05, 3.63) is 12.1 Å². The largest absolute Gasteiger partial charge is 0.493 e. The number of benzene rings is 1. The molecule has 0 bridgehead atoms. The maximum absolute atomic E-state index is 11.4. The Morgan fingerprint density at radius 3 is 2.05 bits per heavy atom. The van der Waals surface area contributed by atoms with Crippen LogP contribution in [0.25, 0.3) is 0 Å². The summed E-state index contributed by atoms with van der Waals surface area (Å²) in [5.41, 5.74) is 0.717. The van der Waals surface area contributed by atoms with Crippen LogP contribution in [0.1, 0.15) is 20.8 Å². The fourth-order valence-corrected chi connectivity index (χ4v) is 1.74. The fourth-order valence-electron chi connectivity index (χ4n) is 1.63. The van der Waals surface area contributed by atoms with Gasteiger partial charge in [-0.25, -0.2) is 0 Å². The first-order valence-corrected chi connectivity index (χ1v) is 7.23. The van der Waals surface area contributed by atoms with Gasteiger partial charge in [0.15, 0.2) is 11.5 Å². The van der Waals surface area contributed by atoms with E-state index < -0.39 is 5.97 Å². The van der Waals surface area contributed by atoms with Gasteiger partial charge in [-0.3, -0.25) is 4.79 Å². The number of methoxy groups -OCH3 is 2. The third kappa shape index (κ3) is 4.59. The van der Waals surface area contributed by atoms with Crippen LogP contribution in [0.15, 0.2) is 12.1 Å². The molecular weight excluding hydrogens is 326 g/mol. The molecule has 0 saturated heterocycles. The lowest BCUT2D eigenvalue weighted by molar-refractivity contribution is -0.131. The Hall–Kier alpha value is -1.43. The van der Waals surface area contributed by atoms with E-state index in [1.807, 2.05) is 20.8 Å². The molecule has 5 nitrogen and oxygen atoms in total. The minimum atomic E-state index is -0.418. The number of nitrogens with one attached hydrogen (secondary N) is 1. The van der Waals surface area contributed by atoms with E-state index in [2.05, 4.69) is 21.2 Å². The lowest BCUT2D eigenvalue weighted by atomic mass is 10.1. The summed E-state index contributed by atoms with van der Waals surface area (Å²) in [6, 6.07) is 3.54. The molecule has 0 aliphatic heterocycles. The molecule has 1 aromatic rings. The highest BCUT2D eigenvalue weighted by atomic mass is 79.9. The maximum Gasteiger partial charge on any atom is 0.322 e. The van der Waals surface area contributed by atoms with E-state index in [1.54, 1.807) is 12.1 Å². The average molecular weight is 346 g/mol.